The first-order valence-electron chi connectivity index (χ1n) is 6.35. The topological polar surface area (TPSA) is 12.5 Å². The maximum Gasteiger partial charge on any atom is 0.0703 e. The fourth-order valence-corrected chi connectivity index (χ4v) is 2.50. The Morgan fingerprint density at radius 1 is 1.33 bits per heavy atom. The van der Waals surface area contributed by atoms with Crippen molar-refractivity contribution in [3.63, 3.8) is 0 Å². The molecule has 0 radical (unpaired) electrons. The van der Waals surface area contributed by atoms with Crippen molar-refractivity contribution in [1.29, 1.82) is 0 Å². The lowest BCUT2D eigenvalue weighted by atomic mass is 9.95. The smallest absolute Gasteiger partial charge is 0.0703 e. The molecule has 90 valence electrons. The van der Waals surface area contributed by atoms with Crippen LogP contribution in [-0.4, -0.2) is 35.7 Å². The van der Waals surface area contributed by atoms with Crippen molar-refractivity contribution < 1.29 is 4.74 Å². The van der Waals surface area contributed by atoms with Crippen LogP contribution in [0.15, 0.2) is 0 Å². The van der Waals surface area contributed by atoms with Gasteiger partial charge in [-0.15, -0.1) is 0 Å². The van der Waals surface area contributed by atoms with Gasteiger partial charge in [-0.1, -0.05) is 19.8 Å². The Kier molecular flexibility index (Phi) is 4.60. The predicted octanol–water partition coefficient (Wildman–Crippen LogP) is 3.06. The normalized spacial score (nSPS) is 29.4. The van der Waals surface area contributed by atoms with Crippen molar-refractivity contribution in [3.8, 4) is 0 Å². The van der Waals surface area contributed by atoms with E-state index < -0.39 is 0 Å². The van der Waals surface area contributed by atoms with Gasteiger partial charge < -0.3 is 4.74 Å². The summed E-state index contributed by atoms with van der Waals surface area (Å²) in [6.07, 6.45) is 4.26. The molecule has 1 heterocycles. The molecule has 1 rings (SSSR count). The molecule has 15 heavy (non-hydrogen) atoms. The van der Waals surface area contributed by atoms with E-state index in [-0.39, 0.29) is 5.54 Å². The summed E-state index contributed by atoms with van der Waals surface area (Å²) in [5.74, 6) is 0. The fourth-order valence-electron chi connectivity index (χ4n) is 2.50. The number of ether oxygens (including phenoxy) is 1. The van der Waals surface area contributed by atoms with E-state index in [0.29, 0.717) is 12.1 Å². The first-order valence-corrected chi connectivity index (χ1v) is 6.35. The molecule has 1 saturated heterocycles. The summed E-state index contributed by atoms with van der Waals surface area (Å²) in [4.78, 5) is 2.62. The zero-order chi connectivity index (χ0) is 11.5. The van der Waals surface area contributed by atoms with Crippen LogP contribution in [0.1, 0.15) is 53.9 Å². The zero-order valence-electron chi connectivity index (χ0n) is 11.0. The molecule has 0 aromatic heterocycles. The Hall–Kier alpha value is -0.0800. The zero-order valence-corrected chi connectivity index (χ0v) is 11.0. The highest BCUT2D eigenvalue weighted by molar-refractivity contribution is 4.88. The van der Waals surface area contributed by atoms with Crippen molar-refractivity contribution >= 4 is 0 Å². The standard InChI is InChI=1S/C13H27NO/c1-6-7-8-12-11(2)15-10-9-14(12)13(3,4)5/h11-12H,6-10H2,1-5H3. The molecule has 0 N–H and O–H groups in total. The monoisotopic (exact) mass is 213 g/mol. The van der Waals surface area contributed by atoms with Crippen LogP contribution in [0.5, 0.6) is 0 Å². The highest BCUT2D eigenvalue weighted by Gasteiger charge is 2.35. The molecule has 0 bridgehead atoms. The molecule has 2 nitrogen and oxygen atoms in total. The van der Waals surface area contributed by atoms with Gasteiger partial charge in [-0.3, -0.25) is 4.90 Å². The van der Waals surface area contributed by atoms with E-state index >= 15 is 0 Å². The second kappa shape index (κ2) is 5.31. The summed E-state index contributed by atoms with van der Waals surface area (Å²) in [7, 11) is 0. The van der Waals surface area contributed by atoms with Crippen molar-refractivity contribution in [2.75, 3.05) is 13.2 Å². The van der Waals surface area contributed by atoms with E-state index in [1.165, 1.54) is 19.3 Å². The Morgan fingerprint density at radius 3 is 2.53 bits per heavy atom. The second-order valence-electron chi connectivity index (χ2n) is 5.65. The van der Waals surface area contributed by atoms with Crippen LogP contribution in [-0.2, 0) is 4.74 Å². The molecule has 0 aliphatic carbocycles. The van der Waals surface area contributed by atoms with Crippen molar-refractivity contribution in [3.05, 3.63) is 0 Å². The minimum atomic E-state index is 0.274. The molecule has 0 aromatic rings. The van der Waals surface area contributed by atoms with E-state index in [4.69, 9.17) is 4.74 Å². The third-order valence-electron chi connectivity index (χ3n) is 3.37. The van der Waals surface area contributed by atoms with Crippen LogP contribution in [0.25, 0.3) is 0 Å². The fraction of sp³-hybridized carbons (Fsp3) is 1.00. The lowest BCUT2D eigenvalue weighted by molar-refractivity contribution is -0.0962. The Balaban J connectivity index is 2.64. The summed E-state index contributed by atoms with van der Waals surface area (Å²) >= 11 is 0. The largest absolute Gasteiger partial charge is 0.376 e. The first kappa shape index (κ1) is 13.0. The van der Waals surface area contributed by atoms with Crippen LogP contribution in [0.2, 0.25) is 0 Å². The number of nitrogens with zero attached hydrogens (tertiary/aromatic N) is 1. The van der Waals surface area contributed by atoms with E-state index in [1.54, 1.807) is 0 Å². The van der Waals surface area contributed by atoms with Crippen molar-refractivity contribution in [2.45, 2.75) is 71.6 Å². The molecule has 1 fully saturated rings. The molecular weight excluding hydrogens is 186 g/mol. The molecule has 2 heteroatoms. The predicted molar refractivity (Wildman–Crippen MR) is 65.2 cm³/mol. The molecule has 1 aliphatic heterocycles. The van der Waals surface area contributed by atoms with Gasteiger partial charge in [0.05, 0.1) is 12.7 Å². The van der Waals surface area contributed by atoms with Crippen LogP contribution in [0, 0.1) is 0 Å². The van der Waals surface area contributed by atoms with Gasteiger partial charge in [0.15, 0.2) is 0 Å². The van der Waals surface area contributed by atoms with Gasteiger partial charge in [-0.2, -0.15) is 0 Å². The van der Waals surface area contributed by atoms with E-state index in [0.717, 1.165) is 13.2 Å². The highest BCUT2D eigenvalue weighted by atomic mass is 16.5. The first-order chi connectivity index (χ1) is 6.96. The second-order valence-corrected chi connectivity index (χ2v) is 5.65. The quantitative estimate of drug-likeness (QED) is 0.714. The number of hydrogen-bond acceptors (Lipinski definition) is 2. The Bertz CT molecular complexity index is 185. The Morgan fingerprint density at radius 2 is 2.00 bits per heavy atom. The molecule has 1 aliphatic rings. The van der Waals surface area contributed by atoms with Gasteiger partial charge in [0.25, 0.3) is 0 Å². The van der Waals surface area contributed by atoms with E-state index in [9.17, 15) is 0 Å². The lowest BCUT2D eigenvalue weighted by Gasteiger charge is -2.47. The number of morpholine rings is 1. The minimum Gasteiger partial charge on any atom is -0.376 e. The molecule has 0 saturated carbocycles. The highest BCUT2D eigenvalue weighted by Crippen LogP contribution is 2.26. The van der Waals surface area contributed by atoms with Crippen molar-refractivity contribution in [2.24, 2.45) is 0 Å². The number of hydrogen-bond donors (Lipinski definition) is 0. The number of unbranched alkanes of at least 4 members (excludes halogenated alkanes) is 1. The van der Waals surface area contributed by atoms with Crippen LogP contribution >= 0.6 is 0 Å². The Labute approximate surface area is 95.0 Å². The van der Waals surface area contributed by atoms with Gasteiger partial charge in [0.2, 0.25) is 0 Å². The molecule has 2 unspecified atom stereocenters. The number of rotatable bonds is 3. The third kappa shape index (κ3) is 3.46. The van der Waals surface area contributed by atoms with Gasteiger partial charge in [0.1, 0.15) is 0 Å². The van der Waals surface area contributed by atoms with Crippen molar-refractivity contribution in [1.82, 2.24) is 4.90 Å². The van der Waals surface area contributed by atoms with Crippen LogP contribution in [0.4, 0.5) is 0 Å². The summed E-state index contributed by atoms with van der Waals surface area (Å²) in [5.41, 5.74) is 0.274. The summed E-state index contributed by atoms with van der Waals surface area (Å²) in [6, 6.07) is 0.610. The van der Waals surface area contributed by atoms with Crippen LogP contribution < -0.4 is 0 Å². The summed E-state index contributed by atoms with van der Waals surface area (Å²) in [6.45, 7) is 13.4. The maximum absolute atomic E-state index is 5.77. The average Bonchev–Trinajstić information content (AvgIpc) is 2.14. The molecule has 0 amide bonds. The third-order valence-corrected chi connectivity index (χ3v) is 3.37. The molecule has 0 spiro atoms. The maximum atomic E-state index is 5.77. The molecule has 2 atom stereocenters. The van der Waals surface area contributed by atoms with E-state index in [1.807, 2.05) is 0 Å². The summed E-state index contributed by atoms with van der Waals surface area (Å²) in [5, 5.41) is 0. The van der Waals surface area contributed by atoms with Gasteiger partial charge >= 0.3 is 0 Å². The van der Waals surface area contributed by atoms with Gasteiger partial charge in [0, 0.05) is 18.1 Å². The summed E-state index contributed by atoms with van der Waals surface area (Å²) < 4.78 is 5.77. The minimum absolute atomic E-state index is 0.274. The van der Waals surface area contributed by atoms with E-state index in [2.05, 4.69) is 39.5 Å². The van der Waals surface area contributed by atoms with Gasteiger partial charge in [-0.25, -0.2) is 0 Å². The SMILES string of the molecule is CCCCC1C(C)OCCN1C(C)(C)C. The lowest BCUT2D eigenvalue weighted by Crippen LogP contribution is -2.57. The average molecular weight is 213 g/mol. The molecule has 0 aromatic carbocycles. The van der Waals surface area contributed by atoms with Gasteiger partial charge in [-0.05, 0) is 34.1 Å². The van der Waals surface area contributed by atoms with Crippen LogP contribution in [0.3, 0.4) is 0 Å². The molecular formula is C13H27NO.